The number of hydrogen-bond acceptors (Lipinski definition) is 3. The molecule has 0 spiro atoms. The van der Waals surface area contributed by atoms with Crippen molar-refractivity contribution < 1.29 is 9.47 Å². The van der Waals surface area contributed by atoms with Crippen LogP contribution < -0.4 is 0 Å². The first-order valence-corrected chi connectivity index (χ1v) is 4.98. The van der Waals surface area contributed by atoms with Gasteiger partial charge in [-0.2, -0.15) is 12.6 Å². The number of rotatable bonds is 2. The molecule has 4 heteroatoms. The van der Waals surface area contributed by atoms with Crippen molar-refractivity contribution >= 4 is 42.2 Å². The second kappa shape index (κ2) is 4.03. The number of ether oxygens (including phenoxy) is 2. The van der Waals surface area contributed by atoms with Gasteiger partial charge in [0.2, 0.25) is 0 Å². The molecule has 72 valence electrons. The molecule has 2 rings (SSSR count). The molecule has 1 atom stereocenters. The minimum atomic E-state index is -0.371. The first-order chi connectivity index (χ1) is 5.49. The molecule has 1 aliphatic carbocycles. The van der Waals surface area contributed by atoms with E-state index >= 15 is 0 Å². The van der Waals surface area contributed by atoms with Crippen LogP contribution >= 0.6 is 12.6 Å². The molecule has 2 nitrogen and oxygen atoms in total. The predicted octanol–water partition coefficient (Wildman–Crippen LogP) is 1.34. The molecule has 0 aromatic rings. The van der Waals surface area contributed by atoms with E-state index in [1.54, 1.807) is 0 Å². The van der Waals surface area contributed by atoms with Gasteiger partial charge in [-0.15, -0.1) is 0 Å². The molecule has 0 aromatic carbocycles. The summed E-state index contributed by atoms with van der Waals surface area (Å²) in [6.07, 6.45) is 3.77. The molecule has 1 heterocycles. The summed E-state index contributed by atoms with van der Waals surface area (Å²) in [5.41, 5.74) is 0. The third-order valence-corrected chi connectivity index (χ3v) is 3.13. The van der Waals surface area contributed by atoms with Gasteiger partial charge in [0, 0.05) is 4.75 Å². The molecule has 0 aromatic heterocycles. The minimum absolute atomic E-state index is 0. The van der Waals surface area contributed by atoms with Crippen LogP contribution in [0.1, 0.15) is 33.1 Å². The van der Waals surface area contributed by atoms with E-state index in [0.717, 1.165) is 13.0 Å². The molecule has 0 unspecified atom stereocenters. The van der Waals surface area contributed by atoms with E-state index in [0.29, 0.717) is 0 Å². The van der Waals surface area contributed by atoms with Crippen molar-refractivity contribution in [3.05, 3.63) is 0 Å². The maximum absolute atomic E-state index is 5.69. The van der Waals surface area contributed by atoms with Crippen molar-refractivity contribution in [3.63, 3.8) is 0 Å². The van der Waals surface area contributed by atoms with E-state index < -0.39 is 0 Å². The van der Waals surface area contributed by atoms with Gasteiger partial charge in [-0.25, -0.2) is 0 Å². The summed E-state index contributed by atoms with van der Waals surface area (Å²) in [5.74, 6) is -0.371. The van der Waals surface area contributed by atoms with Gasteiger partial charge in [-0.05, 0) is 33.1 Å². The van der Waals surface area contributed by atoms with Crippen molar-refractivity contribution in [1.29, 1.82) is 0 Å². The zero-order valence-electron chi connectivity index (χ0n) is 7.67. The van der Waals surface area contributed by atoms with Gasteiger partial charge in [-0.3, -0.25) is 0 Å². The Labute approximate surface area is 107 Å². The maximum atomic E-state index is 5.69. The van der Waals surface area contributed by atoms with E-state index in [2.05, 4.69) is 12.6 Å². The fourth-order valence-electron chi connectivity index (χ4n) is 1.64. The molecule has 0 amide bonds. The van der Waals surface area contributed by atoms with Crippen LogP contribution in [0.15, 0.2) is 0 Å². The molecule has 0 bridgehead atoms. The van der Waals surface area contributed by atoms with E-state index in [1.165, 1.54) is 12.8 Å². The standard InChI is InChI=1S/C9H16O2S.Na.H/c1-8(2)10-6-7(11-8)5-9(12)3-4-9;;/h7,12H,3-6H2,1-2H3;;/t7-;;/m0../s1. The Balaban J connectivity index is 0.000000845. The van der Waals surface area contributed by atoms with Crippen LogP contribution in [-0.2, 0) is 9.47 Å². The monoisotopic (exact) mass is 212 g/mol. The Morgan fingerprint density at radius 1 is 1.38 bits per heavy atom. The Morgan fingerprint density at radius 2 is 2.00 bits per heavy atom. The van der Waals surface area contributed by atoms with Gasteiger partial charge in [-0.1, -0.05) is 0 Å². The van der Waals surface area contributed by atoms with Crippen LogP contribution in [0.5, 0.6) is 0 Å². The zero-order chi connectivity index (χ0) is 8.82. The normalized spacial score (nSPS) is 33.9. The molecule has 0 N–H and O–H groups in total. The van der Waals surface area contributed by atoms with Crippen LogP contribution in [0.2, 0.25) is 0 Å². The Hall–Kier alpha value is 1.27. The summed E-state index contributed by atoms with van der Waals surface area (Å²) in [4.78, 5) is 0. The fourth-order valence-corrected chi connectivity index (χ4v) is 1.95. The van der Waals surface area contributed by atoms with Gasteiger partial charge < -0.3 is 9.47 Å². The molecular formula is C9H17NaO2S. The average molecular weight is 212 g/mol. The van der Waals surface area contributed by atoms with Crippen LogP contribution in [-0.4, -0.2) is 52.8 Å². The number of hydrogen-bond donors (Lipinski definition) is 1. The van der Waals surface area contributed by atoms with Crippen molar-refractivity contribution in [1.82, 2.24) is 0 Å². The number of thiol groups is 1. The molecule has 2 aliphatic rings. The predicted molar refractivity (Wildman–Crippen MR) is 57.6 cm³/mol. The Morgan fingerprint density at radius 3 is 2.38 bits per heavy atom. The second-order valence-corrected chi connectivity index (χ2v) is 5.33. The van der Waals surface area contributed by atoms with Crippen LogP contribution in [0, 0.1) is 0 Å². The van der Waals surface area contributed by atoms with Crippen molar-refractivity contribution in [3.8, 4) is 0 Å². The fraction of sp³-hybridized carbons (Fsp3) is 1.00. The molecular weight excluding hydrogens is 195 g/mol. The second-order valence-electron chi connectivity index (χ2n) is 4.38. The van der Waals surface area contributed by atoms with E-state index in [9.17, 15) is 0 Å². The SMILES string of the molecule is CC1(C)OC[C@H](CC2(S)CC2)O1.[NaH]. The summed E-state index contributed by atoms with van der Waals surface area (Å²) in [6.45, 7) is 4.66. The summed E-state index contributed by atoms with van der Waals surface area (Å²) in [6, 6.07) is 0. The van der Waals surface area contributed by atoms with Crippen LogP contribution in [0.4, 0.5) is 0 Å². The van der Waals surface area contributed by atoms with Gasteiger partial charge >= 0.3 is 29.6 Å². The molecule has 13 heavy (non-hydrogen) atoms. The summed E-state index contributed by atoms with van der Waals surface area (Å²) >= 11 is 4.56. The van der Waals surface area contributed by atoms with E-state index in [1.807, 2.05) is 13.8 Å². The van der Waals surface area contributed by atoms with Gasteiger partial charge in [0.15, 0.2) is 5.79 Å². The topological polar surface area (TPSA) is 18.5 Å². The van der Waals surface area contributed by atoms with Crippen molar-refractivity contribution in [2.24, 2.45) is 0 Å². The zero-order valence-corrected chi connectivity index (χ0v) is 8.56. The van der Waals surface area contributed by atoms with E-state index in [-0.39, 0.29) is 46.2 Å². The third-order valence-electron chi connectivity index (χ3n) is 2.50. The Kier molecular flexibility index (Phi) is 3.82. The summed E-state index contributed by atoms with van der Waals surface area (Å²) in [5, 5.41) is 0. The molecule has 1 aliphatic heterocycles. The molecule has 0 radical (unpaired) electrons. The van der Waals surface area contributed by atoms with Crippen LogP contribution in [0.25, 0.3) is 0 Å². The Bertz CT molecular complexity index is 192. The van der Waals surface area contributed by atoms with Crippen molar-refractivity contribution in [2.75, 3.05) is 6.61 Å². The van der Waals surface area contributed by atoms with Crippen molar-refractivity contribution in [2.45, 2.75) is 49.7 Å². The van der Waals surface area contributed by atoms with Gasteiger partial charge in [0.05, 0.1) is 12.7 Å². The summed E-state index contributed by atoms with van der Waals surface area (Å²) < 4.78 is 11.4. The van der Waals surface area contributed by atoms with E-state index in [4.69, 9.17) is 9.47 Å². The quantitative estimate of drug-likeness (QED) is 0.550. The molecule has 1 saturated heterocycles. The van der Waals surface area contributed by atoms with Gasteiger partial charge in [0.25, 0.3) is 0 Å². The first-order valence-electron chi connectivity index (χ1n) is 4.53. The average Bonchev–Trinajstić information content (AvgIpc) is 2.53. The van der Waals surface area contributed by atoms with Crippen LogP contribution in [0.3, 0.4) is 0 Å². The molecule has 2 fully saturated rings. The first kappa shape index (κ1) is 12.3. The molecule has 1 saturated carbocycles. The third kappa shape index (κ3) is 3.40. The summed E-state index contributed by atoms with van der Waals surface area (Å²) in [7, 11) is 0. The van der Waals surface area contributed by atoms with Gasteiger partial charge in [0.1, 0.15) is 0 Å².